The molecule has 1 aliphatic rings. The number of nitrogens with two attached hydrogens (primary N) is 2. The highest BCUT2D eigenvalue weighted by atomic mass is 19.3. The van der Waals surface area contributed by atoms with E-state index >= 15 is 0 Å². The van der Waals surface area contributed by atoms with Crippen molar-refractivity contribution in [2.75, 3.05) is 32.0 Å². The quantitative estimate of drug-likeness (QED) is 0.487. The van der Waals surface area contributed by atoms with E-state index in [-0.39, 0.29) is 0 Å². The molecule has 1 aromatic carbocycles. The van der Waals surface area contributed by atoms with Gasteiger partial charge in [-0.15, -0.1) is 0 Å². The number of hydrogen-bond acceptors (Lipinski definition) is 6. The van der Waals surface area contributed by atoms with E-state index < -0.39 is 12.3 Å². The number of likely N-dealkylation sites (tertiary alicyclic amines) is 1. The summed E-state index contributed by atoms with van der Waals surface area (Å²) in [4.78, 5) is 6.58. The van der Waals surface area contributed by atoms with Crippen LogP contribution in [0.4, 0.5) is 14.6 Å². The SMILES string of the molecule is C=C(CN1CCC(C(F)F)CC1)Nc1cc2cc(/C(N)=C/N(C)N)ccc2cn1. The summed E-state index contributed by atoms with van der Waals surface area (Å²) in [6.07, 6.45) is 2.27. The molecule has 0 amide bonds. The van der Waals surface area contributed by atoms with E-state index in [1.54, 1.807) is 19.4 Å². The van der Waals surface area contributed by atoms with Crippen LogP contribution in [0.25, 0.3) is 16.5 Å². The molecule has 0 bridgehead atoms. The number of hydrogen-bond donors (Lipinski definition) is 3. The smallest absolute Gasteiger partial charge is 0.241 e. The molecule has 0 atom stereocenters. The molecule has 1 saturated heterocycles. The second kappa shape index (κ2) is 9.19. The fraction of sp³-hybridized carbons (Fsp3) is 0.381. The monoisotopic (exact) mass is 402 g/mol. The molecule has 0 aliphatic carbocycles. The molecule has 1 aliphatic heterocycles. The van der Waals surface area contributed by atoms with Gasteiger partial charge in [-0.3, -0.25) is 4.90 Å². The van der Waals surface area contributed by atoms with Gasteiger partial charge >= 0.3 is 0 Å². The second-order valence-electron chi connectivity index (χ2n) is 7.56. The lowest BCUT2D eigenvalue weighted by molar-refractivity contribution is 0.0373. The summed E-state index contributed by atoms with van der Waals surface area (Å²) in [5.74, 6) is 5.83. The van der Waals surface area contributed by atoms with E-state index in [1.165, 1.54) is 5.01 Å². The number of benzene rings is 1. The van der Waals surface area contributed by atoms with Crippen molar-refractivity contribution in [3.8, 4) is 0 Å². The summed E-state index contributed by atoms with van der Waals surface area (Å²) in [6.45, 7) is 5.99. The van der Waals surface area contributed by atoms with E-state index in [1.807, 2.05) is 24.3 Å². The normalized spacial score (nSPS) is 16.4. The Hall–Kier alpha value is -2.71. The minimum atomic E-state index is -2.22. The van der Waals surface area contributed by atoms with Gasteiger partial charge in [-0.25, -0.2) is 19.6 Å². The molecule has 0 spiro atoms. The van der Waals surface area contributed by atoms with Crippen LogP contribution in [0.15, 0.2) is 48.9 Å². The van der Waals surface area contributed by atoms with Crippen LogP contribution in [0.3, 0.4) is 0 Å². The van der Waals surface area contributed by atoms with Gasteiger partial charge in [-0.1, -0.05) is 18.7 Å². The molecule has 6 nitrogen and oxygen atoms in total. The van der Waals surface area contributed by atoms with Gasteiger partial charge in [-0.2, -0.15) is 0 Å². The topological polar surface area (TPSA) is 83.4 Å². The number of halogens is 2. The number of nitrogens with zero attached hydrogens (tertiary/aromatic N) is 3. The van der Waals surface area contributed by atoms with Crippen LogP contribution in [0.2, 0.25) is 0 Å². The Morgan fingerprint density at radius 2 is 2.07 bits per heavy atom. The molecule has 0 radical (unpaired) electrons. The molecule has 1 fully saturated rings. The number of aromatic nitrogens is 1. The second-order valence-corrected chi connectivity index (χ2v) is 7.56. The standard InChI is InChI=1S/C21H28F2N6/c1-14(12-29-7-5-15(6-8-29)21(22)23)27-20-10-18-9-16(19(24)13-28(2)25)3-4-17(18)11-26-20/h3-4,9-11,13,15,21H,1,5-8,12,24-25H2,2H3,(H,26,27)/b19-13-. The Balaban J connectivity index is 1.64. The minimum Gasteiger partial charge on any atom is -0.397 e. The Kier molecular flexibility index (Phi) is 6.66. The lowest BCUT2D eigenvalue weighted by atomic mass is 9.97. The molecule has 8 heteroatoms. The summed E-state index contributed by atoms with van der Waals surface area (Å²) < 4.78 is 25.6. The van der Waals surface area contributed by atoms with Crippen LogP contribution in [0.1, 0.15) is 18.4 Å². The molecule has 2 aromatic rings. The average Bonchev–Trinajstić information content (AvgIpc) is 2.67. The van der Waals surface area contributed by atoms with Crippen molar-refractivity contribution < 1.29 is 8.78 Å². The van der Waals surface area contributed by atoms with Crippen LogP contribution >= 0.6 is 0 Å². The van der Waals surface area contributed by atoms with Gasteiger partial charge in [0, 0.05) is 43.0 Å². The van der Waals surface area contributed by atoms with E-state index in [0.29, 0.717) is 44.0 Å². The van der Waals surface area contributed by atoms with E-state index in [0.717, 1.165) is 22.0 Å². The highest BCUT2D eigenvalue weighted by Gasteiger charge is 2.26. The Bertz CT molecular complexity index is 888. The lowest BCUT2D eigenvalue weighted by Gasteiger charge is -2.32. The first-order chi connectivity index (χ1) is 13.8. The van der Waals surface area contributed by atoms with Crippen LogP contribution < -0.4 is 16.9 Å². The minimum absolute atomic E-state index is 0.482. The predicted molar refractivity (Wildman–Crippen MR) is 114 cm³/mol. The molecule has 3 rings (SSSR count). The zero-order chi connectivity index (χ0) is 21.0. The van der Waals surface area contributed by atoms with Crippen LogP contribution in [-0.2, 0) is 0 Å². The zero-order valence-corrected chi connectivity index (χ0v) is 16.6. The van der Waals surface area contributed by atoms with Crippen molar-refractivity contribution in [3.63, 3.8) is 0 Å². The average molecular weight is 402 g/mol. The molecular weight excluding hydrogens is 374 g/mol. The van der Waals surface area contributed by atoms with Crippen LogP contribution in [-0.4, -0.2) is 48.0 Å². The molecule has 0 saturated carbocycles. The summed E-state index contributed by atoms with van der Waals surface area (Å²) in [5, 5.41) is 6.62. The fourth-order valence-corrected chi connectivity index (χ4v) is 3.54. The third kappa shape index (κ3) is 5.65. The zero-order valence-electron chi connectivity index (χ0n) is 16.6. The molecule has 0 unspecified atom stereocenters. The molecule has 29 heavy (non-hydrogen) atoms. The summed E-state index contributed by atoms with van der Waals surface area (Å²) in [6, 6.07) is 7.80. The lowest BCUT2D eigenvalue weighted by Crippen LogP contribution is -2.37. The maximum Gasteiger partial charge on any atom is 0.241 e. The Morgan fingerprint density at radius 1 is 1.34 bits per heavy atom. The number of nitrogens with one attached hydrogen (secondary N) is 1. The molecule has 2 heterocycles. The summed E-state index contributed by atoms with van der Waals surface area (Å²) in [5.41, 5.74) is 8.30. The Labute approximate surface area is 169 Å². The number of rotatable bonds is 7. The van der Waals surface area contributed by atoms with Gasteiger partial charge in [0.05, 0.1) is 5.70 Å². The molecule has 156 valence electrons. The van der Waals surface area contributed by atoms with E-state index in [4.69, 9.17) is 11.6 Å². The number of anilines is 1. The maximum atomic E-state index is 12.8. The van der Waals surface area contributed by atoms with Crippen molar-refractivity contribution in [2.24, 2.45) is 17.5 Å². The highest BCUT2D eigenvalue weighted by molar-refractivity contribution is 5.87. The number of pyridine rings is 1. The molecule has 5 N–H and O–H groups in total. The van der Waals surface area contributed by atoms with Crippen molar-refractivity contribution in [2.45, 2.75) is 19.3 Å². The third-order valence-electron chi connectivity index (χ3n) is 5.11. The maximum absolute atomic E-state index is 12.8. The predicted octanol–water partition coefficient (Wildman–Crippen LogP) is 3.20. The van der Waals surface area contributed by atoms with Gasteiger partial charge in [0.15, 0.2) is 0 Å². The van der Waals surface area contributed by atoms with Gasteiger partial charge < -0.3 is 16.1 Å². The van der Waals surface area contributed by atoms with Gasteiger partial charge in [0.25, 0.3) is 0 Å². The number of piperidine rings is 1. The highest BCUT2D eigenvalue weighted by Crippen LogP contribution is 2.25. The van der Waals surface area contributed by atoms with Gasteiger partial charge in [-0.05, 0) is 49.0 Å². The number of alkyl halides is 2. The van der Waals surface area contributed by atoms with E-state index in [9.17, 15) is 8.78 Å². The third-order valence-corrected chi connectivity index (χ3v) is 5.11. The number of hydrazine groups is 1. The van der Waals surface area contributed by atoms with Crippen molar-refractivity contribution >= 4 is 22.3 Å². The van der Waals surface area contributed by atoms with Crippen molar-refractivity contribution in [1.82, 2.24) is 14.9 Å². The summed E-state index contributed by atoms with van der Waals surface area (Å²) in [7, 11) is 1.71. The van der Waals surface area contributed by atoms with Crippen LogP contribution in [0.5, 0.6) is 0 Å². The van der Waals surface area contributed by atoms with Crippen LogP contribution in [0, 0.1) is 5.92 Å². The van der Waals surface area contributed by atoms with Gasteiger partial charge in [0.2, 0.25) is 6.43 Å². The molecule has 1 aromatic heterocycles. The van der Waals surface area contributed by atoms with Crippen molar-refractivity contribution in [3.05, 3.63) is 54.5 Å². The first-order valence-corrected chi connectivity index (χ1v) is 9.62. The van der Waals surface area contributed by atoms with Gasteiger partial charge in [0.1, 0.15) is 5.82 Å². The number of fused-ring (bicyclic) bond motifs is 1. The van der Waals surface area contributed by atoms with Crippen molar-refractivity contribution in [1.29, 1.82) is 0 Å². The largest absolute Gasteiger partial charge is 0.397 e. The van der Waals surface area contributed by atoms with E-state index in [2.05, 4.69) is 21.8 Å². The first-order valence-electron chi connectivity index (χ1n) is 9.62. The summed E-state index contributed by atoms with van der Waals surface area (Å²) >= 11 is 0. The molecular formula is C21H28F2N6. The first kappa shape index (κ1) is 21.0. The fourth-order valence-electron chi connectivity index (χ4n) is 3.54. The Morgan fingerprint density at radius 3 is 2.72 bits per heavy atom.